The highest BCUT2D eigenvalue weighted by Crippen LogP contribution is 2.37. The second-order valence-corrected chi connectivity index (χ2v) is 7.28. The molecule has 1 heterocycles. The minimum Gasteiger partial charge on any atom is -0.459 e. The van der Waals surface area contributed by atoms with E-state index >= 15 is 0 Å². The maximum Gasteiger partial charge on any atom is 0.286 e. The molecule has 0 aromatic carbocycles. The summed E-state index contributed by atoms with van der Waals surface area (Å²) in [7, 11) is 0. The van der Waals surface area contributed by atoms with Gasteiger partial charge in [-0.2, -0.15) is 0 Å². The monoisotopic (exact) mass is 339 g/mol. The highest BCUT2D eigenvalue weighted by Gasteiger charge is 2.38. The summed E-state index contributed by atoms with van der Waals surface area (Å²) in [5, 5.41) is 12.3. The summed E-state index contributed by atoms with van der Waals surface area (Å²) in [6, 6.07) is 0.275. The first-order valence-electron chi connectivity index (χ1n) is 9.48. The lowest BCUT2D eigenvalue weighted by Gasteiger charge is -2.38. The van der Waals surface area contributed by atoms with Gasteiger partial charge in [0.1, 0.15) is 0 Å². The molecular formula is C19H33NO4. The maximum atomic E-state index is 12.6. The average molecular weight is 339 g/mol. The van der Waals surface area contributed by atoms with Gasteiger partial charge in [0, 0.05) is 25.2 Å². The van der Waals surface area contributed by atoms with Gasteiger partial charge >= 0.3 is 0 Å². The van der Waals surface area contributed by atoms with Gasteiger partial charge in [-0.05, 0) is 50.5 Å². The zero-order valence-corrected chi connectivity index (χ0v) is 15.3. The summed E-state index contributed by atoms with van der Waals surface area (Å²) in [5.41, 5.74) is 0. The fraction of sp³-hybridized carbons (Fsp3) is 0.842. The van der Waals surface area contributed by atoms with Crippen LogP contribution >= 0.6 is 0 Å². The van der Waals surface area contributed by atoms with Crippen molar-refractivity contribution in [2.45, 2.75) is 71.6 Å². The van der Waals surface area contributed by atoms with Gasteiger partial charge in [0.2, 0.25) is 6.29 Å². The van der Waals surface area contributed by atoms with Crippen LogP contribution in [0.3, 0.4) is 0 Å². The fourth-order valence-electron chi connectivity index (χ4n) is 3.85. The summed E-state index contributed by atoms with van der Waals surface area (Å²) in [5.74, 6) is 1.05. The van der Waals surface area contributed by atoms with Gasteiger partial charge in [0.15, 0.2) is 5.76 Å². The summed E-state index contributed by atoms with van der Waals surface area (Å²) in [6.45, 7) is 6.97. The molecule has 2 N–H and O–H groups in total. The molecule has 2 rings (SSSR count). The lowest BCUT2D eigenvalue weighted by atomic mass is 9.78. The van der Waals surface area contributed by atoms with Crippen LogP contribution in [0.1, 0.15) is 59.3 Å². The van der Waals surface area contributed by atoms with E-state index < -0.39 is 6.29 Å². The number of amides is 1. The van der Waals surface area contributed by atoms with E-state index in [0.29, 0.717) is 18.3 Å². The Balaban J connectivity index is 2.12. The molecule has 0 aromatic rings. The Labute approximate surface area is 145 Å². The highest BCUT2D eigenvalue weighted by atomic mass is 16.7. The Morgan fingerprint density at radius 1 is 1.42 bits per heavy atom. The van der Waals surface area contributed by atoms with Crippen LogP contribution in [0.4, 0.5) is 0 Å². The van der Waals surface area contributed by atoms with Crippen LogP contribution in [-0.4, -0.2) is 36.6 Å². The number of allylic oxidation sites excluding steroid dienone is 1. The predicted octanol–water partition coefficient (Wildman–Crippen LogP) is 2.98. The molecule has 5 nitrogen and oxygen atoms in total. The van der Waals surface area contributed by atoms with Gasteiger partial charge in [-0.25, -0.2) is 0 Å². The SMILES string of the molecule is CCO[C@H]1OC(C(=O)NC2CCCC2)=C[C@@H](C(C)C)[C@@H]1CCCO. The molecular weight excluding hydrogens is 306 g/mol. The molecule has 138 valence electrons. The number of nitrogens with one attached hydrogen (secondary N) is 1. The van der Waals surface area contributed by atoms with Crippen molar-refractivity contribution in [3.8, 4) is 0 Å². The molecule has 0 spiro atoms. The Morgan fingerprint density at radius 2 is 2.12 bits per heavy atom. The number of carbonyl (C=O) groups excluding carboxylic acids is 1. The predicted molar refractivity (Wildman–Crippen MR) is 93.1 cm³/mol. The number of aliphatic hydroxyl groups is 1. The van der Waals surface area contributed by atoms with Crippen LogP contribution in [0.2, 0.25) is 0 Å². The highest BCUT2D eigenvalue weighted by molar-refractivity contribution is 5.91. The minimum absolute atomic E-state index is 0.113. The molecule has 1 aliphatic carbocycles. The van der Waals surface area contributed by atoms with Gasteiger partial charge in [-0.15, -0.1) is 0 Å². The largest absolute Gasteiger partial charge is 0.459 e. The van der Waals surface area contributed by atoms with Gasteiger partial charge in [-0.1, -0.05) is 26.7 Å². The molecule has 0 radical (unpaired) electrons. The van der Waals surface area contributed by atoms with Crippen LogP contribution in [0.25, 0.3) is 0 Å². The number of carbonyl (C=O) groups is 1. The van der Waals surface area contributed by atoms with Crippen molar-refractivity contribution in [2.24, 2.45) is 17.8 Å². The number of hydrogen-bond donors (Lipinski definition) is 2. The summed E-state index contributed by atoms with van der Waals surface area (Å²) >= 11 is 0. The molecule has 0 aromatic heterocycles. The first kappa shape index (κ1) is 19.3. The summed E-state index contributed by atoms with van der Waals surface area (Å²) in [6.07, 6.45) is 7.60. The van der Waals surface area contributed by atoms with Crippen molar-refractivity contribution in [1.29, 1.82) is 0 Å². The van der Waals surface area contributed by atoms with E-state index in [1.165, 1.54) is 12.8 Å². The van der Waals surface area contributed by atoms with E-state index in [1.54, 1.807) is 0 Å². The minimum atomic E-state index is -0.414. The van der Waals surface area contributed by atoms with E-state index in [2.05, 4.69) is 19.2 Å². The lowest BCUT2D eigenvalue weighted by molar-refractivity contribution is -0.175. The van der Waals surface area contributed by atoms with Crippen LogP contribution in [-0.2, 0) is 14.3 Å². The van der Waals surface area contributed by atoms with E-state index in [-0.39, 0.29) is 30.4 Å². The molecule has 1 fully saturated rings. The zero-order valence-electron chi connectivity index (χ0n) is 15.3. The maximum absolute atomic E-state index is 12.6. The Morgan fingerprint density at radius 3 is 2.71 bits per heavy atom. The molecule has 1 aliphatic heterocycles. The number of hydrogen-bond acceptors (Lipinski definition) is 4. The molecule has 1 amide bonds. The molecule has 3 atom stereocenters. The summed E-state index contributed by atoms with van der Waals surface area (Å²) < 4.78 is 11.7. The molecule has 2 aliphatic rings. The first-order chi connectivity index (χ1) is 11.6. The van der Waals surface area contributed by atoms with E-state index in [9.17, 15) is 9.90 Å². The lowest BCUT2D eigenvalue weighted by Crippen LogP contribution is -2.42. The fourth-order valence-corrected chi connectivity index (χ4v) is 3.85. The first-order valence-corrected chi connectivity index (χ1v) is 9.48. The van der Waals surface area contributed by atoms with E-state index in [1.807, 2.05) is 13.0 Å². The molecule has 0 bridgehead atoms. The Kier molecular flexibility index (Phi) is 7.56. The van der Waals surface area contributed by atoms with Crippen LogP contribution in [0.5, 0.6) is 0 Å². The number of aliphatic hydroxyl groups excluding tert-OH is 1. The van der Waals surface area contributed by atoms with Gasteiger partial charge < -0.3 is 19.9 Å². The average Bonchev–Trinajstić information content (AvgIpc) is 3.06. The van der Waals surface area contributed by atoms with Crippen molar-refractivity contribution in [2.75, 3.05) is 13.2 Å². The quantitative estimate of drug-likeness (QED) is 0.713. The third-order valence-corrected chi connectivity index (χ3v) is 5.14. The topological polar surface area (TPSA) is 67.8 Å². The van der Waals surface area contributed by atoms with Crippen molar-refractivity contribution >= 4 is 5.91 Å². The van der Waals surface area contributed by atoms with E-state index in [0.717, 1.165) is 25.7 Å². The molecule has 1 saturated carbocycles. The van der Waals surface area contributed by atoms with Crippen molar-refractivity contribution in [1.82, 2.24) is 5.32 Å². The van der Waals surface area contributed by atoms with Crippen molar-refractivity contribution in [3.05, 3.63) is 11.8 Å². The van der Waals surface area contributed by atoms with Gasteiger partial charge in [0.05, 0.1) is 0 Å². The number of ether oxygens (including phenoxy) is 2. The Hall–Kier alpha value is -1.07. The Bertz CT molecular complexity index is 429. The van der Waals surface area contributed by atoms with Crippen molar-refractivity contribution in [3.63, 3.8) is 0 Å². The normalized spacial score (nSPS) is 27.9. The number of rotatable bonds is 8. The molecule has 0 unspecified atom stereocenters. The molecule has 5 heteroatoms. The molecule has 0 saturated heterocycles. The second kappa shape index (κ2) is 9.42. The van der Waals surface area contributed by atoms with Gasteiger partial charge in [-0.3, -0.25) is 4.79 Å². The van der Waals surface area contributed by atoms with E-state index in [4.69, 9.17) is 9.47 Å². The van der Waals surface area contributed by atoms with Gasteiger partial charge in [0.25, 0.3) is 5.91 Å². The zero-order chi connectivity index (χ0) is 17.5. The van der Waals surface area contributed by atoms with Crippen molar-refractivity contribution < 1.29 is 19.4 Å². The smallest absolute Gasteiger partial charge is 0.286 e. The van der Waals surface area contributed by atoms with Crippen LogP contribution in [0, 0.1) is 17.8 Å². The van der Waals surface area contributed by atoms with Crippen LogP contribution < -0.4 is 5.32 Å². The standard InChI is InChI=1S/C19H33NO4/c1-4-23-19-15(10-7-11-21)16(13(2)3)12-17(24-19)18(22)20-14-8-5-6-9-14/h12-16,19,21H,4-11H2,1-3H3,(H,20,22)/t15-,16-,19-/m0/s1. The summed E-state index contributed by atoms with van der Waals surface area (Å²) in [4.78, 5) is 12.6. The second-order valence-electron chi connectivity index (χ2n) is 7.28. The molecule has 24 heavy (non-hydrogen) atoms. The third kappa shape index (κ3) is 4.96. The van der Waals surface area contributed by atoms with Crippen LogP contribution in [0.15, 0.2) is 11.8 Å². The third-order valence-electron chi connectivity index (χ3n) is 5.14.